The second kappa shape index (κ2) is 32.7. The van der Waals surface area contributed by atoms with Crippen molar-refractivity contribution < 1.29 is 44.2 Å². The highest BCUT2D eigenvalue weighted by atomic mass is 16.3. The maximum Gasteiger partial charge on any atom is 0.216 e. The lowest BCUT2D eigenvalue weighted by Crippen LogP contribution is -2.31. The van der Waals surface area contributed by atoms with Crippen molar-refractivity contribution in [2.24, 2.45) is 28.2 Å². The van der Waals surface area contributed by atoms with Gasteiger partial charge in [0.25, 0.3) is 0 Å². The molecule has 0 fully saturated rings. The zero-order valence-electron chi connectivity index (χ0n) is 79.9. The lowest BCUT2D eigenvalue weighted by molar-refractivity contribution is -0.660. The predicted molar refractivity (Wildman–Crippen MR) is 534 cm³/mol. The van der Waals surface area contributed by atoms with Gasteiger partial charge in [-0.25, -0.2) is 23.3 Å². The van der Waals surface area contributed by atoms with Gasteiger partial charge in [-0.1, -0.05) is 237 Å². The molecule has 0 saturated carbocycles. The summed E-state index contributed by atoms with van der Waals surface area (Å²) in [6.07, 6.45) is 8.12. The quantitative estimate of drug-likeness (QED) is 0.142. The number of hydrogen-bond acceptors (Lipinski definition) is 5. The van der Waals surface area contributed by atoms with E-state index in [1.807, 2.05) is 74.5 Å². The molecule has 622 valence electrons. The first kappa shape index (κ1) is 73.6. The minimum absolute atomic E-state index is 0.176. The Morgan fingerprint density at radius 3 is 1.12 bits per heavy atom. The molecule has 129 heavy (non-hydrogen) atoms. The van der Waals surface area contributed by atoms with E-state index in [0.717, 1.165) is 66.3 Å². The largest absolute Gasteiger partial charge is 0.455 e. The Morgan fingerprint density at radius 1 is 0.240 bits per heavy atom. The van der Waals surface area contributed by atoms with Crippen LogP contribution in [-0.2, 0) is 28.2 Å². The van der Waals surface area contributed by atoms with E-state index in [9.17, 15) is 0 Å². The van der Waals surface area contributed by atoms with Crippen molar-refractivity contribution in [1.82, 2.24) is 4.98 Å². The van der Waals surface area contributed by atoms with Crippen molar-refractivity contribution in [1.29, 1.82) is 0 Å². The Morgan fingerprint density at radius 2 is 0.620 bits per heavy atom. The molecule has 9 heterocycles. The number of pyridine rings is 5. The molecule has 0 aliphatic rings. The SMILES string of the molecule is Cc1c[n+](C)c(-c2cc3oc4c5ccccc5ccc4c3cc2C)cc1-c1ccccc1.Cc1cc2c(cc1-c1cc(-c3ccccc3)cc[n+]1C)oc1c3ccccc3c(C)cc21.Cc1cc2c(cc1-c1cc(-c3ccccc3)cc[n+]1C)oc1c3ccccc3ccc21.[2H]C([2H])([2H])c1c[n+](C)c(-c2c(C)cc(C([2H])([2H])[2H])c3c2oc2c4ccccc4c(C)nc23)cc1-c1ccccc1. The van der Waals surface area contributed by atoms with Crippen LogP contribution >= 0.6 is 0 Å². The van der Waals surface area contributed by atoms with Crippen molar-refractivity contribution >= 4 is 131 Å². The first-order chi connectivity index (χ1) is 65.2. The van der Waals surface area contributed by atoms with Crippen molar-refractivity contribution in [2.45, 2.75) is 62.2 Å². The number of rotatable bonds is 8. The van der Waals surface area contributed by atoms with Gasteiger partial charge in [-0.15, -0.1) is 0 Å². The Labute approximate surface area is 758 Å². The Hall–Kier alpha value is -15.7. The topological polar surface area (TPSA) is 81.0 Å². The van der Waals surface area contributed by atoms with Gasteiger partial charge in [-0.05, 0) is 211 Å². The maximum atomic E-state index is 8.34. The molecular formula is C120H97N5O4+4. The molecule has 0 aliphatic carbocycles. The van der Waals surface area contributed by atoms with Crippen LogP contribution in [0.5, 0.6) is 0 Å². The van der Waals surface area contributed by atoms with Gasteiger partial charge in [0.2, 0.25) is 22.8 Å². The lowest BCUT2D eigenvalue weighted by atomic mass is 9.94. The number of furan rings is 4. The molecule has 9 nitrogen and oxygen atoms in total. The molecule has 0 amide bonds. The third-order valence-electron chi connectivity index (χ3n) is 25.9. The Bertz CT molecular complexity index is 8900. The monoisotopic (exact) mass is 1680 g/mol. The van der Waals surface area contributed by atoms with Gasteiger partial charge in [0, 0.05) is 121 Å². The Balaban J connectivity index is 0.000000108. The number of benzene rings is 15. The van der Waals surface area contributed by atoms with E-state index in [2.05, 4.69) is 349 Å². The molecule has 24 rings (SSSR count). The van der Waals surface area contributed by atoms with Crippen LogP contribution in [0, 0.1) is 62.2 Å². The van der Waals surface area contributed by atoms with E-state index >= 15 is 0 Å². The number of nitrogens with zero attached hydrogens (tertiary/aromatic N) is 5. The van der Waals surface area contributed by atoms with Gasteiger partial charge in [-0.3, -0.25) is 0 Å². The van der Waals surface area contributed by atoms with Crippen molar-refractivity contribution in [3.63, 3.8) is 0 Å². The highest BCUT2D eigenvalue weighted by Gasteiger charge is 2.29. The van der Waals surface area contributed by atoms with Crippen molar-refractivity contribution in [3.05, 3.63) is 403 Å². The number of hydrogen-bond donors (Lipinski definition) is 0. The van der Waals surface area contributed by atoms with Crippen LogP contribution in [-0.4, -0.2) is 4.98 Å². The zero-order valence-corrected chi connectivity index (χ0v) is 73.9. The van der Waals surface area contributed by atoms with Gasteiger partial charge < -0.3 is 17.7 Å². The smallest absolute Gasteiger partial charge is 0.216 e. The van der Waals surface area contributed by atoms with E-state index in [-0.39, 0.29) is 11.1 Å². The highest BCUT2D eigenvalue weighted by molar-refractivity contribution is 6.20. The first-order valence-corrected chi connectivity index (χ1v) is 43.8. The summed E-state index contributed by atoms with van der Waals surface area (Å²) in [6.45, 7) is 9.94. The first-order valence-electron chi connectivity index (χ1n) is 46.8. The van der Waals surface area contributed by atoms with Gasteiger partial charge in [0.15, 0.2) is 36.0 Å². The average Bonchev–Trinajstić information content (AvgIpc) is 1.57. The van der Waals surface area contributed by atoms with E-state index in [0.29, 0.717) is 44.5 Å². The normalized spacial score (nSPS) is 12.5. The minimum atomic E-state index is -2.40. The maximum absolute atomic E-state index is 8.34. The fraction of sp³-hybridized carbons (Fsp3) is 0.108. The molecule has 0 bridgehead atoms. The number of fused-ring (bicyclic) bond motifs is 20. The molecule has 24 aromatic rings. The molecule has 0 spiro atoms. The minimum Gasteiger partial charge on any atom is -0.455 e. The summed E-state index contributed by atoms with van der Waals surface area (Å²) in [5.74, 6) is 0. The number of aromatic nitrogens is 5. The summed E-state index contributed by atoms with van der Waals surface area (Å²) in [7, 11) is 8.11. The molecule has 0 unspecified atom stereocenters. The van der Waals surface area contributed by atoms with Crippen LogP contribution < -0.4 is 18.3 Å². The van der Waals surface area contributed by atoms with Crippen LogP contribution in [0.15, 0.2) is 370 Å². The van der Waals surface area contributed by atoms with Gasteiger partial charge >= 0.3 is 0 Å². The Kier molecular flexibility index (Phi) is 18.7. The van der Waals surface area contributed by atoms with Crippen LogP contribution in [0.3, 0.4) is 0 Å². The van der Waals surface area contributed by atoms with E-state index < -0.39 is 13.7 Å². The predicted octanol–water partition coefficient (Wildman–Crippen LogP) is 29.8. The van der Waals surface area contributed by atoms with E-state index in [1.165, 1.54) is 149 Å². The molecule has 9 heteroatoms. The second-order valence-corrected chi connectivity index (χ2v) is 34.3. The summed E-state index contributed by atoms with van der Waals surface area (Å²) in [4.78, 5) is 4.84. The molecule has 0 radical (unpaired) electrons. The fourth-order valence-corrected chi connectivity index (χ4v) is 19.3. The molecule has 0 atom stereocenters. The van der Waals surface area contributed by atoms with E-state index in [4.69, 9.17) is 30.9 Å². The fourth-order valence-electron chi connectivity index (χ4n) is 19.3. The standard InChI is InChI=1S/C31H27N2O.2C30H24NO.C29H22NO/c1-18-15-19(2)28-29-30(24-14-10-9-13-23(24)21(4)32-29)34-31(28)27(18)26-16-25(20(3)17-33(26)5)22-11-7-6-8-12-22;1-19-16-27-26-15-20(2)25(18-29(26)32-30(27)24-12-8-7-11-23(19)24)28-17-22(13-14-31(28)3)21-9-5-4-6-10-21;1-19-15-27-24-14-13-22-11-7-8-12-23(22)30(24)32-29(27)17-26(19)28-16-25(20(2)18-31(28)3)21-9-5-4-6-10-21;1-19-16-26-24-13-12-21-10-6-7-11-23(21)29(24)31-28(26)18-25(19)27-17-22(14-15-30(27)2)20-8-4-3-5-9-20/h6-17H,1-5H3;2*4-18H,1-3H3;3-18H,1-2H3/q4*+1/i2D3,3D3;;;. The lowest BCUT2D eigenvalue weighted by Gasteiger charge is -2.11. The summed E-state index contributed by atoms with van der Waals surface area (Å²) in [6, 6.07) is 113. The van der Waals surface area contributed by atoms with Gasteiger partial charge in [-0.2, -0.15) is 0 Å². The van der Waals surface area contributed by atoms with Gasteiger partial charge in [0.05, 0.1) is 27.6 Å². The summed E-state index contributed by atoms with van der Waals surface area (Å²) in [5.41, 5.74) is 32.5. The van der Waals surface area contributed by atoms with Crippen LogP contribution in [0.1, 0.15) is 58.4 Å². The van der Waals surface area contributed by atoms with E-state index in [1.54, 1.807) is 23.9 Å². The highest BCUT2D eigenvalue weighted by Crippen LogP contribution is 2.46. The summed E-state index contributed by atoms with van der Waals surface area (Å²) < 4.78 is 83.9. The van der Waals surface area contributed by atoms with Crippen LogP contribution in [0.4, 0.5) is 0 Å². The molecule has 0 N–H and O–H groups in total. The van der Waals surface area contributed by atoms with Crippen molar-refractivity contribution in [2.75, 3.05) is 0 Å². The molecule has 0 saturated heterocycles. The van der Waals surface area contributed by atoms with Crippen molar-refractivity contribution in [3.8, 4) is 89.5 Å². The second-order valence-electron chi connectivity index (χ2n) is 34.3. The van der Waals surface area contributed by atoms with Gasteiger partial charge in [0.1, 0.15) is 67.2 Å². The molecule has 9 aromatic heterocycles. The molecular weight excluding hydrogens is 1580 g/mol. The van der Waals surface area contributed by atoms with Crippen LogP contribution in [0.2, 0.25) is 0 Å². The molecule has 0 aliphatic heterocycles. The third-order valence-corrected chi connectivity index (χ3v) is 25.9. The third kappa shape index (κ3) is 14.4. The average molecular weight is 1680 g/mol. The zero-order chi connectivity index (χ0) is 93.1. The summed E-state index contributed by atoms with van der Waals surface area (Å²) in [5, 5.41) is 16.4. The van der Waals surface area contributed by atoms with Crippen LogP contribution in [0.25, 0.3) is 221 Å². The molecule has 15 aromatic carbocycles. The summed E-state index contributed by atoms with van der Waals surface area (Å²) >= 11 is 0. The number of aryl methyl sites for hydroxylation is 13.